The Hall–Kier alpha value is -2.17. The maximum absolute atomic E-state index is 12.3. The van der Waals surface area contributed by atoms with Gasteiger partial charge < -0.3 is 10.1 Å². The number of hydrogen-bond acceptors (Lipinski definition) is 4. The number of ether oxygens (including phenoxy) is 1. The summed E-state index contributed by atoms with van der Waals surface area (Å²) >= 11 is 3.39. The fraction of sp³-hybridized carbons (Fsp3) is 0.353. The third-order valence-corrected chi connectivity index (χ3v) is 5.28. The zero-order valence-electron chi connectivity index (χ0n) is 12.8. The Morgan fingerprint density at radius 2 is 2.17 bits per heavy atom. The number of carbonyl (C=O) groups excluding carboxylic acids is 1. The molecule has 1 aromatic carbocycles. The van der Waals surface area contributed by atoms with E-state index >= 15 is 0 Å². The van der Waals surface area contributed by atoms with E-state index in [0.29, 0.717) is 31.7 Å². The van der Waals surface area contributed by atoms with Crippen molar-refractivity contribution in [2.75, 3.05) is 13.2 Å². The molecule has 24 heavy (non-hydrogen) atoms. The minimum absolute atomic E-state index is 0.217. The molecule has 122 valence electrons. The van der Waals surface area contributed by atoms with Gasteiger partial charge in [-0.3, -0.25) is 9.89 Å². The fourth-order valence-corrected chi connectivity index (χ4v) is 3.77. The van der Waals surface area contributed by atoms with Crippen molar-refractivity contribution in [2.45, 2.75) is 18.4 Å². The monoisotopic (exact) mass is 386 g/mol. The van der Waals surface area contributed by atoms with Gasteiger partial charge in [0.25, 0.3) is 5.91 Å². The van der Waals surface area contributed by atoms with Crippen LogP contribution in [0, 0.1) is 16.7 Å². The van der Waals surface area contributed by atoms with Gasteiger partial charge >= 0.3 is 0 Å². The Balaban J connectivity index is 1.39. The molecular formula is C17H15BrN4O2. The quantitative estimate of drug-likeness (QED) is 0.844. The molecule has 0 spiro atoms. The molecule has 2 aliphatic heterocycles. The molecule has 2 saturated heterocycles. The summed E-state index contributed by atoms with van der Waals surface area (Å²) in [5.74, 6) is -0.217. The molecule has 3 fully saturated rings. The van der Waals surface area contributed by atoms with E-state index in [0.717, 1.165) is 15.7 Å². The number of hydrogen-bond donors (Lipinski definition) is 2. The number of benzene rings is 1. The Kier molecular flexibility index (Phi) is 3.48. The van der Waals surface area contributed by atoms with Crippen molar-refractivity contribution < 1.29 is 9.53 Å². The first-order chi connectivity index (χ1) is 11.5. The van der Waals surface area contributed by atoms with Gasteiger partial charge in [0.05, 0.1) is 29.4 Å². The van der Waals surface area contributed by atoms with E-state index < -0.39 is 0 Å². The molecule has 3 heterocycles. The predicted molar refractivity (Wildman–Crippen MR) is 90.0 cm³/mol. The van der Waals surface area contributed by atoms with E-state index in [1.165, 1.54) is 0 Å². The van der Waals surface area contributed by atoms with Gasteiger partial charge in [-0.15, -0.1) is 0 Å². The predicted octanol–water partition coefficient (Wildman–Crippen LogP) is 2.64. The van der Waals surface area contributed by atoms with E-state index in [4.69, 9.17) is 10.00 Å². The molecule has 3 aliphatic rings. The lowest BCUT2D eigenvalue weighted by atomic mass is 9.63. The smallest absolute Gasteiger partial charge is 0.269 e. The molecule has 1 aliphatic carbocycles. The van der Waals surface area contributed by atoms with Crippen LogP contribution in [-0.2, 0) is 4.74 Å². The van der Waals surface area contributed by atoms with Crippen molar-refractivity contribution in [3.63, 3.8) is 0 Å². The Morgan fingerprint density at radius 1 is 1.42 bits per heavy atom. The summed E-state index contributed by atoms with van der Waals surface area (Å²) in [6.07, 6.45) is 1.40. The summed E-state index contributed by atoms with van der Waals surface area (Å²) in [6, 6.07) is 11.8. The summed E-state index contributed by atoms with van der Waals surface area (Å²) in [5, 5.41) is 19.0. The van der Waals surface area contributed by atoms with Crippen molar-refractivity contribution in [1.82, 2.24) is 15.5 Å². The number of carbonyl (C=O) groups is 1. The summed E-state index contributed by atoms with van der Waals surface area (Å²) < 4.78 is 6.70. The van der Waals surface area contributed by atoms with Crippen LogP contribution >= 0.6 is 15.9 Å². The first-order valence-electron chi connectivity index (χ1n) is 7.68. The third-order valence-electron chi connectivity index (χ3n) is 4.75. The third kappa shape index (κ3) is 2.52. The molecule has 1 aromatic heterocycles. The lowest BCUT2D eigenvalue weighted by Gasteiger charge is -2.40. The highest BCUT2D eigenvalue weighted by Gasteiger charge is 2.63. The maximum Gasteiger partial charge on any atom is 0.269 e. The summed E-state index contributed by atoms with van der Waals surface area (Å²) in [5.41, 5.74) is 1.38. The van der Waals surface area contributed by atoms with Gasteiger partial charge in [-0.1, -0.05) is 28.1 Å². The molecule has 1 amide bonds. The molecule has 2 aromatic rings. The Labute approximate surface area is 147 Å². The van der Waals surface area contributed by atoms with E-state index in [1.54, 1.807) is 6.07 Å². The second kappa shape index (κ2) is 5.43. The number of aromatic nitrogens is 2. The van der Waals surface area contributed by atoms with Crippen molar-refractivity contribution in [2.24, 2.45) is 5.41 Å². The number of nitrogens with zero attached hydrogens (tertiary/aromatic N) is 2. The van der Waals surface area contributed by atoms with Gasteiger partial charge in [0, 0.05) is 16.6 Å². The van der Waals surface area contributed by atoms with Crippen molar-refractivity contribution in [3.8, 4) is 17.3 Å². The Morgan fingerprint density at radius 3 is 2.83 bits per heavy atom. The molecule has 2 N–H and O–H groups in total. The molecule has 5 rings (SSSR count). The highest BCUT2D eigenvalue weighted by Crippen LogP contribution is 2.57. The van der Waals surface area contributed by atoms with Crippen molar-refractivity contribution in [1.29, 1.82) is 5.26 Å². The molecule has 0 unspecified atom stereocenters. The highest BCUT2D eigenvalue weighted by atomic mass is 79.9. The number of H-pyrrole nitrogens is 1. The molecular weight excluding hydrogens is 372 g/mol. The lowest BCUT2D eigenvalue weighted by Crippen LogP contribution is -2.51. The van der Waals surface area contributed by atoms with Gasteiger partial charge in [-0.2, -0.15) is 10.4 Å². The number of rotatable bonds is 4. The van der Waals surface area contributed by atoms with Gasteiger partial charge in [0.15, 0.2) is 0 Å². The normalized spacial score (nSPS) is 27.3. The number of halogens is 1. The van der Waals surface area contributed by atoms with Crippen LogP contribution in [-0.4, -0.2) is 34.9 Å². The van der Waals surface area contributed by atoms with Crippen LogP contribution in [0.4, 0.5) is 0 Å². The van der Waals surface area contributed by atoms with Crippen LogP contribution in [0.3, 0.4) is 0 Å². The van der Waals surface area contributed by atoms with Crippen LogP contribution < -0.4 is 5.32 Å². The molecule has 0 atom stereocenters. The lowest BCUT2D eigenvalue weighted by molar-refractivity contribution is -0.00394. The van der Waals surface area contributed by atoms with Gasteiger partial charge in [0.2, 0.25) is 0 Å². The number of fused-ring (bicyclic) bond motifs is 1. The summed E-state index contributed by atoms with van der Waals surface area (Å²) in [6.45, 7) is 0.888. The van der Waals surface area contributed by atoms with E-state index in [2.05, 4.69) is 37.5 Å². The van der Waals surface area contributed by atoms with Crippen LogP contribution in [0.2, 0.25) is 0 Å². The van der Waals surface area contributed by atoms with Gasteiger partial charge in [-0.05, 0) is 31.0 Å². The van der Waals surface area contributed by atoms with Crippen LogP contribution in [0.1, 0.15) is 23.3 Å². The minimum Gasteiger partial charge on any atom is -0.371 e. The van der Waals surface area contributed by atoms with Gasteiger partial charge in [-0.25, -0.2) is 0 Å². The van der Waals surface area contributed by atoms with Crippen LogP contribution in [0.25, 0.3) is 11.3 Å². The summed E-state index contributed by atoms with van der Waals surface area (Å²) in [7, 11) is 0. The first kappa shape index (κ1) is 15.4. The Bertz CT molecular complexity index is 831. The zero-order valence-corrected chi connectivity index (χ0v) is 14.4. The minimum atomic E-state index is -0.361. The second-order valence-corrected chi connectivity index (χ2v) is 7.49. The molecule has 7 heteroatoms. The van der Waals surface area contributed by atoms with E-state index in [-0.39, 0.29) is 16.9 Å². The number of nitriles is 1. The second-order valence-electron chi connectivity index (χ2n) is 6.57. The number of aromatic amines is 1. The van der Waals surface area contributed by atoms with Crippen molar-refractivity contribution >= 4 is 21.8 Å². The highest BCUT2D eigenvalue weighted by molar-refractivity contribution is 9.10. The molecule has 2 bridgehead atoms. The van der Waals surface area contributed by atoms with E-state index in [1.807, 2.05) is 24.3 Å². The molecule has 0 radical (unpaired) electrons. The molecule has 1 saturated carbocycles. The topological polar surface area (TPSA) is 90.8 Å². The van der Waals surface area contributed by atoms with Gasteiger partial charge in [0.1, 0.15) is 5.69 Å². The van der Waals surface area contributed by atoms with Crippen LogP contribution in [0.15, 0.2) is 34.8 Å². The van der Waals surface area contributed by atoms with Crippen LogP contribution in [0.5, 0.6) is 0 Å². The fourth-order valence-electron chi connectivity index (χ4n) is 3.51. The average Bonchev–Trinajstić information content (AvgIpc) is 3.26. The molecule has 6 nitrogen and oxygen atoms in total. The first-order valence-corrected chi connectivity index (χ1v) is 8.47. The largest absolute Gasteiger partial charge is 0.371 e. The van der Waals surface area contributed by atoms with E-state index in [9.17, 15) is 4.79 Å². The average molecular weight is 387 g/mol. The zero-order chi connectivity index (χ0) is 16.8. The SMILES string of the molecule is N#CC12COC(CNC(=O)c3cc(-c4ccc(Br)cc4)n[nH]3)(C1)C2. The number of amides is 1. The number of nitrogens with one attached hydrogen (secondary N) is 2. The van der Waals surface area contributed by atoms with Crippen molar-refractivity contribution in [3.05, 3.63) is 40.5 Å². The summed E-state index contributed by atoms with van der Waals surface area (Å²) in [4.78, 5) is 12.3. The standard InChI is InChI=1S/C17H15BrN4O2/c18-12-3-1-11(2-4-12)13-5-14(22-21-13)15(23)20-9-17-6-16(7-17,8-19)10-24-17/h1-5H,6-7,9-10H2,(H,20,23)(H,21,22). The maximum atomic E-state index is 12.3.